The van der Waals surface area contributed by atoms with Gasteiger partial charge in [-0.15, -0.1) is 0 Å². The number of aliphatic carboxylic acids is 1. The number of carboxylic acid groups (broad SMARTS) is 1. The van der Waals surface area contributed by atoms with Crippen LogP contribution in [0.2, 0.25) is 0 Å². The summed E-state index contributed by atoms with van der Waals surface area (Å²) in [4.78, 5) is 26.7. The van der Waals surface area contributed by atoms with Crippen LogP contribution in [0, 0.1) is 19.8 Å². The van der Waals surface area contributed by atoms with E-state index in [-0.39, 0.29) is 24.5 Å². The number of urea groups is 1. The number of nitrogens with zero attached hydrogens (tertiary/aromatic N) is 1. The van der Waals surface area contributed by atoms with E-state index in [1.165, 1.54) is 0 Å². The average Bonchev–Trinajstić information content (AvgIpc) is 2.95. The molecule has 0 saturated heterocycles. The fourth-order valence-corrected chi connectivity index (χ4v) is 2.34. The first kappa shape index (κ1) is 14.4. The molecule has 1 aromatic heterocycles. The second kappa shape index (κ2) is 5.94. The Morgan fingerprint density at radius 3 is 2.70 bits per heavy atom. The van der Waals surface area contributed by atoms with Crippen molar-refractivity contribution < 1.29 is 19.1 Å². The first-order valence-corrected chi connectivity index (χ1v) is 6.65. The number of oxazole rings is 1. The predicted octanol–water partition coefficient (Wildman–Crippen LogP) is 1.34. The monoisotopic (exact) mass is 281 g/mol. The van der Waals surface area contributed by atoms with Crippen LogP contribution in [0.3, 0.4) is 0 Å². The second-order valence-electron chi connectivity index (χ2n) is 5.12. The van der Waals surface area contributed by atoms with Crippen LogP contribution >= 0.6 is 0 Å². The van der Waals surface area contributed by atoms with E-state index in [0.717, 1.165) is 11.5 Å². The van der Waals surface area contributed by atoms with Crippen LogP contribution < -0.4 is 10.6 Å². The molecular formula is C13H19N3O4. The highest BCUT2D eigenvalue weighted by Crippen LogP contribution is 2.25. The lowest BCUT2D eigenvalue weighted by Crippen LogP contribution is -2.40. The van der Waals surface area contributed by atoms with Gasteiger partial charge in [-0.1, -0.05) is 0 Å². The molecule has 20 heavy (non-hydrogen) atoms. The standard InChI is InChI=1S/C13H19N3O4/c1-7-8(2)20-11(15-7)6-14-13(19)16-10-4-3-9(5-10)12(17)18/h9-10H,3-6H2,1-2H3,(H,17,18)(H2,14,16,19). The van der Waals surface area contributed by atoms with E-state index in [9.17, 15) is 9.59 Å². The number of hydrogen-bond acceptors (Lipinski definition) is 4. The SMILES string of the molecule is Cc1nc(CNC(=O)NC2CCC(C(=O)O)C2)oc1C. The molecule has 0 radical (unpaired) electrons. The van der Waals surface area contributed by atoms with E-state index in [1.807, 2.05) is 13.8 Å². The molecule has 0 aliphatic heterocycles. The highest BCUT2D eigenvalue weighted by atomic mass is 16.4. The van der Waals surface area contributed by atoms with Crippen molar-refractivity contribution in [3.8, 4) is 0 Å². The Labute approximate surface area is 116 Å². The third-order valence-corrected chi connectivity index (χ3v) is 3.59. The summed E-state index contributed by atoms with van der Waals surface area (Å²) in [6.07, 6.45) is 1.79. The Hall–Kier alpha value is -2.05. The molecule has 0 aromatic carbocycles. The summed E-state index contributed by atoms with van der Waals surface area (Å²) in [7, 11) is 0. The minimum atomic E-state index is -0.791. The zero-order valence-corrected chi connectivity index (χ0v) is 11.6. The van der Waals surface area contributed by atoms with E-state index >= 15 is 0 Å². The molecule has 3 N–H and O–H groups in total. The molecule has 7 nitrogen and oxygen atoms in total. The van der Waals surface area contributed by atoms with Gasteiger partial charge in [0.1, 0.15) is 5.76 Å². The normalized spacial score (nSPS) is 21.7. The second-order valence-corrected chi connectivity index (χ2v) is 5.12. The summed E-state index contributed by atoms with van der Waals surface area (Å²) in [6.45, 7) is 3.87. The van der Waals surface area contributed by atoms with Gasteiger partial charge in [-0.25, -0.2) is 9.78 Å². The summed E-state index contributed by atoms with van der Waals surface area (Å²) in [5.74, 6) is 0.0602. The number of aromatic nitrogens is 1. The summed E-state index contributed by atoms with van der Waals surface area (Å²) in [5.41, 5.74) is 0.808. The Bertz CT molecular complexity index is 492. The van der Waals surface area contributed by atoms with E-state index in [2.05, 4.69) is 15.6 Å². The van der Waals surface area contributed by atoms with Crippen molar-refractivity contribution in [1.29, 1.82) is 0 Å². The van der Waals surface area contributed by atoms with Gasteiger partial charge in [0.15, 0.2) is 0 Å². The molecule has 2 rings (SSSR count). The quantitative estimate of drug-likeness (QED) is 0.772. The van der Waals surface area contributed by atoms with E-state index in [1.54, 1.807) is 0 Å². The van der Waals surface area contributed by atoms with E-state index in [4.69, 9.17) is 9.52 Å². The average molecular weight is 281 g/mol. The molecule has 1 fully saturated rings. The smallest absolute Gasteiger partial charge is 0.315 e. The maximum Gasteiger partial charge on any atom is 0.315 e. The van der Waals surface area contributed by atoms with Crippen LogP contribution in [0.1, 0.15) is 36.6 Å². The van der Waals surface area contributed by atoms with Gasteiger partial charge in [0.25, 0.3) is 0 Å². The third kappa shape index (κ3) is 3.49. The molecule has 2 amide bonds. The van der Waals surface area contributed by atoms with Gasteiger partial charge in [0, 0.05) is 6.04 Å². The van der Waals surface area contributed by atoms with E-state index in [0.29, 0.717) is 25.2 Å². The Balaban J connectivity index is 1.75. The summed E-state index contributed by atoms with van der Waals surface area (Å²) in [6, 6.07) is -0.404. The van der Waals surface area contributed by atoms with Gasteiger partial charge < -0.3 is 20.2 Å². The minimum absolute atomic E-state index is 0.0795. The molecule has 7 heteroatoms. The number of nitrogens with one attached hydrogen (secondary N) is 2. The number of carbonyl (C=O) groups is 2. The molecule has 0 spiro atoms. The van der Waals surface area contributed by atoms with Gasteiger partial charge in [-0.05, 0) is 33.1 Å². The lowest BCUT2D eigenvalue weighted by atomic mass is 10.1. The van der Waals surface area contributed by atoms with Crippen molar-refractivity contribution in [1.82, 2.24) is 15.6 Å². The number of rotatable bonds is 4. The summed E-state index contributed by atoms with van der Waals surface area (Å²) in [5, 5.41) is 14.3. The molecule has 1 heterocycles. The van der Waals surface area contributed by atoms with Gasteiger partial charge in [-0.2, -0.15) is 0 Å². The zero-order chi connectivity index (χ0) is 14.7. The first-order valence-electron chi connectivity index (χ1n) is 6.65. The number of amides is 2. The number of hydrogen-bond donors (Lipinski definition) is 3. The molecule has 1 aliphatic rings. The molecule has 2 unspecified atom stereocenters. The Morgan fingerprint density at radius 1 is 1.40 bits per heavy atom. The van der Waals surface area contributed by atoms with Gasteiger partial charge in [-0.3, -0.25) is 4.79 Å². The van der Waals surface area contributed by atoms with Crippen LogP contribution in [-0.4, -0.2) is 28.1 Å². The fourth-order valence-electron chi connectivity index (χ4n) is 2.34. The zero-order valence-electron chi connectivity index (χ0n) is 11.6. The molecule has 0 bridgehead atoms. The molecule has 1 aliphatic carbocycles. The maximum absolute atomic E-state index is 11.7. The molecule has 110 valence electrons. The maximum atomic E-state index is 11.7. The van der Waals surface area contributed by atoms with Gasteiger partial charge in [0.2, 0.25) is 5.89 Å². The number of carbonyl (C=O) groups excluding carboxylic acids is 1. The fraction of sp³-hybridized carbons (Fsp3) is 0.615. The molecule has 1 aromatic rings. The van der Waals surface area contributed by atoms with Crippen molar-refractivity contribution >= 4 is 12.0 Å². The summed E-state index contributed by atoms with van der Waals surface area (Å²) < 4.78 is 5.35. The van der Waals surface area contributed by atoms with Crippen LogP contribution in [0.5, 0.6) is 0 Å². The molecule has 1 saturated carbocycles. The Morgan fingerprint density at radius 2 is 2.15 bits per heavy atom. The van der Waals surface area contributed by atoms with Crippen molar-refractivity contribution in [2.45, 2.75) is 45.7 Å². The van der Waals surface area contributed by atoms with Gasteiger partial charge in [0.05, 0.1) is 18.2 Å². The number of aryl methyl sites for hydroxylation is 2. The minimum Gasteiger partial charge on any atom is -0.481 e. The highest BCUT2D eigenvalue weighted by molar-refractivity contribution is 5.75. The lowest BCUT2D eigenvalue weighted by Gasteiger charge is -2.12. The van der Waals surface area contributed by atoms with E-state index < -0.39 is 5.97 Å². The number of carboxylic acids is 1. The topological polar surface area (TPSA) is 104 Å². The lowest BCUT2D eigenvalue weighted by molar-refractivity contribution is -0.141. The first-order chi connectivity index (χ1) is 9.45. The van der Waals surface area contributed by atoms with Crippen molar-refractivity contribution in [3.05, 3.63) is 17.3 Å². The highest BCUT2D eigenvalue weighted by Gasteiger charge is 2.30. The van der Waals surface area contributed by atoms with Crippen LogP contribution in [-0.2, 0) is 11.3 Å². The predicted molar refractivity (Wildman–Crippen MR) is 70.1 cm³/mol. The van der Waals surface area contributed by atoms with Crippen molar-refractivity contribution in [2.24, 2.45) is 5.92 Å². The van der Waals surface area contributed by atoms with Gasteiger partial charge >= 0.3 is 12.0 Å². The molecule has 2 atom stereocenters. The van der Waals surface area contributed by atoms with Crippen LogP contribution in [0.15, 0.2) is 4.42 Å². The van der Waals surface area contributed by atoms with Crippen molar-refractivity contribution in [2.75, 3.05) is 0 Å². The largest absolute Gasteiger partial charge is 0.481 e. The third-order valence-electron chi connectivity index (χ3n) is 3.59. The summed E-state index contributed by atoms with van der Waals surface area (Å²) >= 11 is 0. The molecular weight excluding hydrogens is 262 g/mol. The Kier molecular flexibility index (Phi) is 4.26. The van der Waals surface area contributed by atoms with Crippen LogP contribution in [0.25, 0.3) is 0 Å². The van der Waals surface area contributed by atoms with Crippen LogP contribution in [0.4, 0.5) is 4.79 Å². The van der Waals surface area contributed by atoms with Crippen molar-refractivity contribution in [3.63, 3.8) is 0 Å².